The minimum atomic E-state index is 0.123. The van der Waals surface area contributed by atoms with Crippen LogP contribution in [0.4, 0.5) is 5.69 Å². The van der Waals surface area contributed by atoms with Crippen LogP contribution in [0.5, 0.6) is 5.75 Å². The van der Waals surface area contributed by atoms with Crippen LogP contribution < -0.4 is 30.8 Å². The Balaban J connectivity index is 1.67. The summed E-state index contributed by atoms with van der Waals surface area (Å²) in [7, 11) is 1.78. The van der Waals surface area contributed by atoms with Crippen molar-refractivity contribution in [2.45, 2.75) is 6.04 Å². The number of piperazine rings is 1. The normalized spacial score (nSPS) is 21.0. The molecule has 4 nitrogen and oxygen atoms in total. The van der Waals surface area contributed by atoms with E-state index in [2.05, 4.69) is 32.9 Å². The molecule has 0 aliphatic carbocycles. The molecule has 0 aromatic heterocycles. The Bertz CT molecular complexity index is 457. The third kappa shape index (κ3) is 2.89. The average Bonchev–Trinajstić information content (AvgIpc) is 2.45. The molecule has 0 N–H and O–H groups in total. The van der Waals surface area contributed by atoms with E-state index in [-0.39, 0.29) is 21.2 Å². The van der Waals surface area contributed by atoms with Crippen LogP contribution in [0.15, 0.2) is 18.2 Å². The molecule has 2 saturated heterocycles. The number of methoxy groups -OCH3 is 1. The fraction of sp³-hybridized carbons (Fsp3) is 0.600. The summed E-state index contributed by atoms with van der Waals surface area (Å²) in [6.07, 6.45) is 0. The van der Waals surface area contributed by atoms with E-state index in [0.29, 0.717) is 6.04 Å². The number of alkyl halides is 1. The summed E-state index contributed by atoms with van der Waals surface area (Å²) in [5, 5.41) is 0. The number of hydrogen-bond acceptors (Lipinski definition) is 4. The standard InChI is InChI=1S/C15H22IN2O2/c1-16-12-3-4-14(15(9-12)19-2)18-7-5-17(6-8-18)13-10-20-11-13/h3-4,9,13H,5-8,10-11H2,1-2H3/q-1. The van der Waals surface area contributed by atoms with E-state index < -0.39 is 0 Å². The van der Waals surface area contributed by atoms with Gasteiger partial charge in [0.2, 0.25) is 0 Å². The van der Waals surface area contributed by atoms with Crippen LogP contribution in [-0.2, 0) is 4.74 Å². The van der Waals surface area contributed by atoms with Gasteiger partial charge in [-0.05, 0) is 0 Å². The molecule has 3 rings (SSSR count). The number of nitrogens with zero attached hydrogens (tertiary/aromatic N) is 2. The van der Waals surface area contributed by atoms with Crippen molar-refractivity contribution < 1.29 is 30.7 Å². The molecule has 2 fully saturated rings. The number of anilines is 1. The fourth-order valence-corrected chi connectivity index (χ4v) is 3.93. The molecule has 0 bridgehead atoms. The first-order valence-corrected chi connectivity index (χ1v) is 10.3. The molecule has 2 aliphatic rings. The molecule has 0 spiro atoms. The van der Waals surface area contributed by atoms with Gasteiger partial charge >= 0.3 is 131 Å². The van der Waals surface area contributed by atoms with Gasteiger partial charge in [0.25, 0.3) is 0 Å². The van der Waals surface area contributed by atoms with Crippen molar-refractivity contribution in [3.63, 3.8) is 0 Å². The minimum absolute atomic E-state index is 0.123. The number of rotatable bonds is 4. The summed E-state index contributed by atoms with van der Waals surface area (Å²) in [6.45, 7) is 6.23. The Morgan fingerprint density at radius 1 is 1.20 bits per heavy atom. The fourth-order valence-electron chi connectivity index (χ4n) is 2.79. The SMILES string of the molecule is COc1cc([I-]C)ccc1N1CCN(C2COC2)CC1. The van der Waals surface area contributed by atoms with Crippen molar-refractivity contribution in [2.24, 2.45) is 0 Å². The number of ether oxygens (including phenoxy) is 2. The van der Waals surface area contributed by atoms with Crippen LogP contribution in [0.1, 0.15) is 0 Å². The maximum atomic E-state index is 5.59. The van der Waals surface area contributed by atoms with Crippen molar-refractivity contribution in [1.82, 2.24) is 4.90 Å². The second kappa shape index (κ2) is 6.49. The van der Waals surface area contributed by atoms with Crippen LogP contribution in [0.25, 0.3) is 0 Å². The Hall–Kier alpha value is -0.530. The zero-order valence-electron chi connectivity index (χ0n) is 12.1. The Morgan fingerprint density at radius 2 is 1.95 bits per heavy atom. The monoisotopic (exact) mass is 389 g/mol. The van der Waals surface area contributed by atoms with Crippen LogP contribution in [0, 0.1) is 3.57 Å². The van der Waals surface area contributed by atoms with Crippen molar-refractivity contribution in [3.05, 3.63) is 21.8 Å². The number of hydrogen-bond donors (Lipinski definition) is 0. The van der Waals surface area contributed by atoms with E-state index in [4.69, 9.17) is 9.47 Å². The Kier molecular flexibility index (Phi) is 4.68. The van der Waals surface area contributed by atoms with Gasteiger partial charge in [-0.15, -0.1) is 0 Å². The quantitative estimate of drug-likeness (QED) is 0.444. The molecular formula is C15H22IN2O2-. The van der Waals surface area contributed by atoms with Gasteiger partial charge < -0.3 is 0 Å². The number of halogens is 1. The van der Waals surface area contributed by atoms with Gasteiger partial charge in [0.15, 0.2) is 0 Å². The van der Waals surface area contributed by atoms with E-state index in [1.807, 2.05) is 0 Å². The summed E-state index contributed by atoms with van der Waals surface area (Å²) >= 11 is 0.123. The van der Waals surface area contributed by atoms with E-state index >= 15 is 0 Å². The summed E-state index contributed by atoms with van der Waals surface area (Å²) in [5.41, 5.74) is 1.25. The first-order chi connectivity index (χ1) is 9.81. The summed E-state index contributed by atoms with van der Waals surface area (Å²) in [4.78, 5) is 7.29. The van der Waals surface area contributed by atoms with E-state index in [0.717, 1.165) is 45.1 Å². The zero-order chi connectivity index (χ0) is 13.9. The Labute approximate surface area is 131 Å². The first-order valence-electron chi connectivity index (χ1n) is 7.06. The van der Waals surface area contributed by atoms with Crippen LogP contribution in [-0.4, -0.2) is 62.4 Å². The predicted octanol–water partition coefficient (Wildman–Crippen LogP) is -1.90. The predicted molar refractivity (Wildman–Crippen MR) is 76.0 cm³/mol. The summed E-state index contributed by atoms with van der Waals surface area (Å²) < 4.78 is 12.3. The van der Waals surface area contributed by atoms with Gasteiger partial charge in [-0.25, -0.2) is 0 Å². The van der Waals surface area contributed by atoms with Gasteiger partial charge in [-0.2, -0.15) is 0 Å². The third-order valence-corrected chi connectivity index (χ3v) is 6.07. The topological polar surface area (TPSA) is 24.9 Å². The molecular weight excluding hydrogens is 367 g/mol. The van der Waals surface area contributed by atoms with E-state index in [1.54, 1.807) is 7.11 Å². The van der Waals surface area contributed by atoms with Crippen molar-refractivity contribution >= 4 is 5.69 Å². The average molecular weight is 389 g/mol. The molecule has 0 radical (unpaired) electrons. The second-order valence-electron chi connectivity index (χ2n) is 5.22. The van der Waals surface area contributed by atoms with Crippen molar-refractivity contribution in [2.75, 3.05) is 56.3 Å². The molecule has 5 heteroatoms. The zero-order valence-corrected chi connectivity index (χ0v) is 14.3. The molecule has 2 heterocycles. The second-order valence-corrected chi connectivity index (χ2v) is 7.54. The molecule has 0 saturated carbocycles. The van der Waals surface area contributed by atoms with Gasteiger partial charge in [0.1, 0.15) is 0 Å². The van der Waals surface area contributed by atoms with Crippen LogP contribution in [0.3, 0.4) is 0 Å². The molecule has 0 atom stereocenters. The van der Waals surface area contributed by atoms with Gasteiger partial charge in [-0.3, -0.25) is 0 Å². The maximum absolute atomic E-state index is 5.59. The molecule has 112 valence electrons. The van der Waals surface area contributed by atoms with Crippen LogP contribution >= 0.6 is 0 Å². The third-order valence-electron chi connectivity index (χ3n) is 4.15. The van der Waals surface area contributed by atoms with E-state index in [1.165, 1.54) is 9.26 Å². The Morgan fingerprint density at radius 3 is 2.50 bits per heavy atom. The van der Waals surface area contributed by atoms with Gasteiger partial charge in [0.05, 0.1) is 0 Å². The molecule has 0 amide bonds. The van der Waals surface area contributed by atoms with Gasteiger partial charge in [-0.1, -0.05) is 0 Å². The molecule has 2 aliphatic heterocycles. The first kappa shape index (κ1) is 14.4. The summed E-state index contributed by atoms with van der Waals surface area (Å²) in [5.74, 6) is 1.03. The number of benzene rings is 1. The molecule has 1 aromatic carbocycles. The van der Waals surface area contributed by atoms with Crippen molar-refractivity contribution in [1.29, 1.82) is 0 Å². The van der Waals surface area contributed by atoms with Crippen molar-refractivity contribution in [3.8, 4) is 5.75 Å². The molecule has 0 unspecified atom stereocenters. The molecule has 1 aromatic rings. The van der Waals surface area contributed by atoms with Gasteiger partial charge in [0, 0.05) is 0 Å². The van der Waals surface area contributed by atoms with Crippen LogP contribution in [0.2, 0.25) is 0 Å². The summed E-state index contributed by atoms with van der Waals surface area (Å²) in [6, 6.07) is 7.37. The van der Waals surface area contributed by atoms with E-state index in [9.17, 15) is 0 Å². The molecule has 20 heavy (non-hydrogen) atoms.